The third kappa shape index (κ3) is 3.51. The molecule has 1 aromatic heterocycles. The van der Waals surface area contributed by atoms with Crippen molar-refractivity contribution in [3.63, 3.8) is 0 Å². The minimum atomic E-state index is -0.949. The molecule has 0 aliphatic heterocycles. The van der Waals surface area contributed by atoms with Gasteiger partial charge in [0.1, 0.15) is 5.76 Å². The number of amides is 1. The van der Waals surface area contributed by atoms with Gasteiger partial charge in [0.05, 0.1) is 11.8 Å². The topological polar surface area (TPSA) is 92.4 Å². The predicted octanol–water partition coefficient (Wildman–Crippen LogP) is 2.58. The van der Waals surface area contributed by atoms with E-state index in [1.807, 2.05) is 26.8 Å². The van der Waals surface area contributed by atoms with Crippen LogP contribution in [0.25, 0.3) is 0 Å². The van der Waals surface area contributed by atoms with E-state index >= 15 is 0 Å². The minimum absolute atomic E-state index is 0.201. The number of carbonyl (C=O) groups is 2. The molecule has 21 heavy (non-hydrogen) atoms. The maximum Gasteiger partial charge on any atom is 0.307 e. The number of hydrogen-bond donors (Lipinski definition) is 2. The lowest BCUT2D eigenvalue weighted by molar-refractivity contribution is -0.146. The van der Waals surface area contributed by atoms with E-state index in [9.17, 15) is 14.7 Å². The van der Waals surface area contributed by atoms with Crippen LogP contribution in [-0.2, 0) is 15.0 Å². The molecule has 1 aliphatic rings. The molecule has 6 heteroatoms. The summed E-state index contributed by atoms with van der Waals surface area (Å²) >= 11 is 0. The summed E-state index contributed by atoms with van der Waals surface area (Å²) in [5.41, 5.74) is -0.201. The highest BCUT2D eigenvalue weighted by atomic mass is 16.5. The van der Waals surface area contributed by atoms with Gasteiger partial charge in [-0.2, -0.15) is 0 Å². The predicted molar refractivity (Wildman–Crippen MR) is 76.8 cm³/mol. The van der Waals surface area contributed by atoms with Crippen molar-refractivity contribution in [3.05, 3.63) is 24.0 Å². The molecule has 1 heterocycles. The number of carboxylic acid groups (broad SMARTS) is 1. The van der Waals surface area contributed by atoms with E-state index in [1.54, 1.807) is 12.1 Å². The first-order chi connectivity index (χ1) is 9.79. The molecule has 1 aliphatic carbocycles. The number of rotatable bonds is 3. The third-order valence-corrected chi connectivity index (χ3v) is 3.59. The Bertz CT molecular complexity index is 568. The van der Waals surface area contributed by atoms with E-state index < -0.39 is 17.8 Å². The number of nitrogens with zero attached hydrogens (tertiary/aromatic N) is 1. The zero-order chi connectivity index (χ0) is 15.6. The van der Waals surface area contributed by atoms with Crippen molar-refractivity contribution in [1.29, 1.82) is 0 Å². The van der Waals surface area contributed by atoms with Gasteiger partial charge in [0.2, 0.25) is 5.91 Å². The summed E-state index contributed by atoms with van der Waals surface area (Å²) in [5.74, 6) is -1.57. The van der Waals surface area contributed by atoms with Crippen LogP contribution in [0, 0.1) is 11.8 Å². The molecule has 114 valence electrons. The van der Waals surface area contributed by atoms with Crippen LogP contribution in [0.1, 0.15) is 39.4 Å². The number of allylic oxidation sites excluding steroid dienone is 2. The highest BCUT2D eigenvalue weighted by Crippen LogP contribution is 2.28. The minimum Gasteiger partial charge on any atom is -0.481 e. The summed E-state index contributed by atoms with van der Waals surface area (Å²) < 4.78 is 5.20. The van der Waals surface area contributed by atoms with Gasteiger partial charge in [-0.3, -0.25) is 9.59 Å². The molecule has 1 aromatic rings. The molecule has 2 atom stereocenters. The van der Waals surface area contributed by atoms with E-state index in [0.717, 1.165) is 0 Å². The van der Waals surface area contributed by atoms with E-state index in [0.29, 0.717) is 24.4 Å². The fraction of sp³-hybridized carbons (Fsp3) is 0.533. The van der Waals surface area contributed by atoms with Crippen LogP contribution in [0.15, 0.2) is 22.7 Å². The van der Waals surface area contributed by atoms with Crippen molar-refractivity contribution in [1.82, 2.24) is 5.16 Å². The highest BCUT2D eigenvalue weighted by molar-refractivity contribution is 5.94. The van der Waals surface area contributed by atoms with Crippen molar-refractivity contribution < 1.29 is 19.2 Å². The van der Waals surface area contributed by atoms with Crippen LogP contribution in [-0.4, -0.2) is 22.1 Å². The molecule has 0 saturated carbocycles. The Morgan fingerprint density at radius 1 is 1.29 bits per heavy atom. The van der Waals surface area contributed by atoms with Crippen molar-refractivity contribution in [2.24, 2.45) is 11.8 Å². The molecule has 0 aromatic carbocycles. The fourth-order valence-corrected chi connectivity index (χ4v) is 2.28. The number of carbonyl (C=O) groups excluding carboxylic acids is 1. The normalized spacial score (nSPS) is 22.0. The average Bonchev–Trinajstić information content (AvgIpc) is 2.87. The second-order valence-electron chi connectivity index (χ2n) is 6.31. The van der Waals surface area contributed by atoms with Gasteiger partial charge in [0, 0.05) is 11.5 Å². The second-order valence-corrected chi connectivity index (χ2v) is 6.31. The first-order valence-electron chi connectivity index (χ1n) is 6.95. The number of aromatic nitrogens is 1. The van der Waals surface area contributed by atoms with Crippen LogP contribution < -0.4 is 5.32 Å². The molecular formula is C15H20N2O4. The fourth-order valence-electron chi connectivity index (χ4n) is 2.28. The van der Waals surface area contributed by atoms with Gasteiger partial charge in [-0.05, 0) is 12.8 Å². The molecular weight excluding hydrogens is 272 g/mol. The molecule has 2 N–H and O–H groups in total. The quantitative estimate of drug-likeness (QED) is 0.835. The van der Waals surface area contributed by atoms with Crippen LogP contribution >= 0.6 is 0 Å². The summed E-state index contributed by atoms with van der Waals surface area (Å²) in [6, 6.07) is 1.67. The van der Waals surface area contributed by atoms with Crippen LogP contribution in [0.2, 0.25) is 0 Å². The summed E-state index contributed by atoms with van der Waals surface area (Å²) in [7, 11) is 0. The van der Waals surface area contributed by atoms with E-state index in [1.165, 1.54) is 0 Å². The second kappa shape index (κ2) is 5.71. The van der Waals surface area contributed by atoms with E-state index in [4.69, 9.17) is 4.52 Å². The van der Waals surface area contributed by atoms with Gasteiger partial charge in [0.15, 0.2) is 5.82 Å². The highest BCUT2D eigenvalue weighted by Gasteiger charge is 2.34. The maximum atomic E-state index is 12.3. The standard InChI is InChI=1S/C15H20N2O4/c1-15(2,3)11-8-12(17-21-11)16-13(18)9-6-4-5-7-10(9)14(19)20/h4-5,8-10H,6-7H2,1-3H3,(H,19,20)(H,16,17,18)/t9-,10-/m0/s1. The molecule has 1 amide bonds. The first-order valence-corrected chi connectivity index (χ1v) is 6.95. The number of carboxylic acids is 1. The molecule has 0 bridgehead atoms. The molecule has 6 nitrogen and oxygen atoms in total. The summed E-state index contributed by atoms with van der Waals surface area (Å²) in [6.45, 7) is 5.93. The number of hydrogen-bond acceptors (Lipinski definition) is 4. The zero-order valence-electron chi connectivity index (χ0n) is 12.4. The van der Waals surface area contributed by atoms with Crippen molar-refractivity contribution in [2.45, 2.75) is 39.0 Å². The largest absolute Gasteiger partial charge is 0.481 e. The van der Waals surface area contributed by atoms with Gasteiger partial charge in [-0.25, -0.2) is 0 Å². The third-order valence-electron chi connectivity index (χ3n) is 3.59. The van der Waals surface area contributed by atoms with Crippen LogP contribution in [0.3, 0.4) is 0 Å². The monoisotopic (exact) mass is 292 g/mol. The van der Waals surface area contributed by atoms with Crippen LogP contribution in [0.4, 0.5) is 5.82 Å². The first kappa shape index (κ1) is 15.3. The smallest absolute Gasteiger partial charge is 0.307 e. The Morgan fingerprint density at radius 2 is 1.90 bits per heavy atom. The molecule has 0 unspecified atom stereocenters. The maximum absolute atomic E-state index is 12.3. The molecule has 0 spiro atoms. The molecule has 0 radical (unpaired) electrons. The van der Waals surface area contributed by atoms with Crippen molar-refractivity contribution in [2.75, 3.05) is 5.32 Å². The lowest BCUT2D eigenvalue weighted by Crippen LogP contribution is -2.34. The molecule has 2 rings (SSSR count). The van der Waals surface area contributed by atoms with Crippen molar-refractivity contribution >= 4 is 17.7 Å². The summed E-state index contributed by atoms with van der Waals surface area (Å²) in [6.07, 6.45) is 4.44. The number of anilines is 1. The molecule has 0 fully saturated rings. The lowest BCUT2D eigenvalue weighted by Gasteiger charge is -2.23. The van der Waals surface area contributed by atoms with Gasteiger partial charge < -0.3 is 14.9 Å². The van der Waals surface area contributed by atoms with Gasteiger partial charge in [-0.1, -0.05) is 38.1 Å². The van der Waals surface area contributed by atoms with Crippen LogP contribution in [0.5, 0.6) is 0 Å². The Hall–Kier alpha value is -2.11. The summed E-state index contributed by atoms with van der Waals surface area (Å²) in [5, 5.41) is 15.6. The van der Waals surface area contributed by atoms with E-state index in [-0.39, 0.29) is 11.3 Å². The van der Waals surface area contributed by atoms with E-state index in [2.05, 4.69) is 10.5 Å². The Balaban J connectivity index is 2.08. The summed E-state index contributed by atoms with van der Waals surface area (Å²) in [4.78, 5) is 23.5. The number of aliphatic carboxylic acids is 1. The Labute approximate surface area is 123 Å². The molecule has 0 saturated heterocycles. The number of nitrogens with one attached hydrogen (secondary N) is 1. The van der Waals surface area contributed by atoms with Crippen molar-refractivity contribution in [3.8, 4) is 0 Å². The lowest BCUT2D eigenvalue weighted by atomic mass is 9.82. The SMILES string of the molecule is CC(C)(C)c1cc(NC(=O)[C@H]2CC=CC[C@@H]2C(=O)O)no1. The van der Waals surface area contributed by atoms with Gasteiger partial charge in [-0.15, -0.1) is 0 Å². The Morgan fingerprint density at radius 3 is 2.43 bits per heavy atom. The van der Waals surface area contributed by atoms with Gasteiger partial charge in [0.25, 0.3) is 0 Å². The zero-order valence-corrected chi connectivity index (χ0v) is 12.4. The Kier molecular flexibility index (Phi) is 4.16. The van der Waals surface area contributed by atoms with Gasteiger partial charge >= 0.3 is 5.97 Å². The average molecular weight is 292 g/mol.